The van der Waals surface area contributed by atoms with Crippen LogP contribution in [0.25, 0.3) is 160 Å². The van der Waals surface area contributed by atoms with Gasteiger partial charge in [-0.15, -0.1) is 0 Å². The quantitative estimate of drug-likeness (QED) is 0.0855. The number of furan rings is 1. The highest BCUT2D eigenvalue weighted by Crippen LogP contribution is 2.51. The molecule has 2 aliphatic rings. The third kappa shape index (κ3) is 16.7. The SMILES string of the molecule is C1=CC2c3ccccc3N(c3ccc(N(c4ccc(-c5ccccc5)cc4)c4ccc(-c5cccc6ccccc56)cc4)cc3)C2C=C1.c1ccc(-c2ccc(N(c3ccc(-c4cccc5ccccc45)cc3)c3ccc(-c4cccc5c4oc4ccccc45)cc3)cc2)cc1.c1ccc(N(c2ccc(-c3cccc(-n4c5ccccc5c5ccccc54)c3)cc2)c2ccc(-c3cccc4ccccc34)cc2)cc1. The number of rotatable bonds is 18. The van der Waals surface area contributed by atoms with Gasteiger partial charge in [0.25, 0.3) is 0 Å². The van der Waals surface area contributed by atoms with E-state index in [1.54, 1.807) is 0 Å². The molecule has 2 unspecified atom stereocenters. The van der Waals surface area contributed by atoms with Crippen molar-refractivity contribution in [3.8, 4) is 83.6 Å². The van der Waals surface area contributed by atoms with Gasteiger partial charge in [0.15, 0.2) is 0 Å². The number of benzene rings is 23. The maximum absolute atomic E-state index is 6.37. The maximum atomic E-state index is 6.37. The standard InChI is InChI=1S/C46H32N2.C46H34N2.C46H31NO/c1-2-15-37(16-3-1)47(39-30-26-35(27-31-39)42-21-11-13-34-12-4-5-18-41(34)42)38-28-24-33(25-29-38)36-14-10-17-40(32-36)48-45-22-8-6-19-43(45)44-20-7-9-23-46(44)48;1-2-11-33(12-3-1)34-21-25-37(26-22-34)47(38-27-23-36(24-28-38)42-18-10-14-35-13-4-5-15-41(35)42)39-29-31-40(32-30-39)48-45-19-8-6-16-43(45)44-17-7-9-20-46(44)48;1-2-10-32(11-3-1)33-20-26-37(27-21-33)47(38-28-22-35(23-29-38)41-16-8-13-34-12-4-5-14-40(34)41)39-30-24-36(25-31-39)42-17-9-18-44-43-15-6-7-19-45(43)48-46(42)44/h1-32H;1-32,43,45H;1-31H. The highest BCUT2D eigenvalue weighted by atomic mass is 16.3. The number of para-hydroxylation sites is 6. The van der Waals surface area contributed by atoms with Gasteiger partial charge in [0.05, 0.1) is 17.1 Å². The molecule has 0 radical (unpaired) electrons. The van der Waals surface area contributed by atoms with Crippen LogP contribution in [0, 0.1) is 0 Å². The predicted molar refractivity (Wildman–Crippen MR) is 609 cm³/mol. The summed E-state index contributed by atoms with van der Waals surface area (Å²) in [5, 5.41) is 12.4. The van der Waals surface area contributed by atoms with Crippen LogP contribution in [0.15, 0.2) is 581 Å². The fourth-order valence-corrected chi connectivity index (χ4v) is 21.5. The third-order valence-electron chi connectivity index (χ3n) is 28.5. The predicted octanol–water partition coefficient (Wildman–Crippen LogP) is 38.3. The Kier molecular flexibility index (Phi) is 23.2. The van der Waals surface area contributed by atoms with Gasteiger partial charge in [-0.25, -0.2) is 0 Å². The lowest BCUT2D eigenvalue weighted by molar-refractivity contribution is 0.670. The summed E-state index contributed by atoms with van der Waals surface area (Å²) in [6, 6.07) is 198. The van der Waals surface area contributed by atoms with Gasteiger partial charge in [-0.05, 0) is 268 Å². The van der Waals surface area contributed by atoms with Gasteiger partial charge in [-0.2, -0.15) is 0 Å². The molecule has 2 aromatic heterocycles. The lowest BCUT2D eigenvalue weighted by Gasteiger charge is -2.30. The van der Waals surface area contributed by atoms with E-state index in [-0.39, 0.29) is 6.04 Å². The zero-order valence-corrected chi connectivity index (χ0v) is 79.1. The molecule has 0 saturated carbocycles. The minimum Gasteiger partial charge on any atom is -0.455 e. The van der Waals surface area contributed by atoms with Crippen LogP contribution in [0.1, 0.15) is 11.5 Å². The lowest BCUT2D eigenvalue weighted by Crippen LogP contribution is -2.28. The number of fused-ring (bicyclic) bond motifs is 12. The smallest absolute Gasteiger partial charge is 0.143 e. The Bertz CT molecular complexity index is 8960. The summed E-state index contributed by atoms with van der Waals surface area (Å²) in [7, 11) is 0. The highest BCUT2D eigenvalue weighted by Gasteiger charge is 2.37. The van der Waals surface area contributed by atoms with Crippen molar-refractivity contribution in [1.82, 2.24) is 4.57 Å². The van der Waals surface area contributed by atoms with E-state index in [9.17, 15) is 0 Å². The Labute approximate surface area is 838 Å². The van der Waals surface area contributed by atoms with Crippen LogP contribution in [-0.4, -0.2) is 10.6 Å². The molecule has 23 aromatic carbocycles. The number of allylic oxidation sites excluding steroid dienone is 2. The molecule has 0 saturated heterocycles. The van der Waals surface area contributed by atoms with Crippen LogP contribution in [0.5, 0.6) is 0 Å². The van der Waals surface area contributed by atoms with E-state index in [1.807, 2.05) is 12.1 Å². The molecule has 2 atom stereocenters. The number of anilines is 11. The molecule has 680 valence electrons. The van der Waals surface area contributed by atoms with Crippen LogP contribution in [0.3, 0.4) is 0 Å². The fourth-order valence-electron chi connectivity index (χ4n) is 21.5. The van der Waals surface area contributed by atoms with Crippen molar-refractivity contribution in [1.29, 1.82) is 0 Å². The minimum atomic E-state index is 0.279. The second kappa shape index (κ2) is 38.5. The van der Waals surface area contributed by atoms with E-state index in [1.165, 1.54) is 138 Å². The lowest BCUT2D eigenvalue weighted by atomic mass is 9.91. The van der Waals surface area contributed by atoms with Crippen LogP contribution in [0.4, 0.5) is 62.6 Å². The summed E-state index contributed by atoms with van der Waals surface area (Å²) in [6.07, 6.45) is 9.02. The molecule has 1 aliphatic carbocycles. The Hall–Kier alpha value is -18.9. The Morgan fingerprint density at radius 2 is 0.500 bits per heavy atom. The van der Waals surface area contributed by atoms with Crippen LogP contribution in [-0.2, 0) is 0 Å². The first-order chi connectivity index (χ1) is 71.4. The zero-order chi connectivity index (χ0) is 95.6. The van der Waals surface area contributed by atoms with E-state index in [0.29, 0.717) is 5.92 Å². The van der Waals surface area contributed by atoms with E-state index in [2.05, 4.69) is 588 Å². The number of hydrogen-bond acceptors (Lipinski definition) is 5. The van der Waals surface area contributed by atoms with Crippen LogP contribution >= 0.6 is 0 Å². The average Bonchev–Trinajstić information content (AvgIpc) is 1.61. The van der Waals surface area contributed by atoms with Crippen molar-refractivity contribution in [3.63, 3.8) is 0 Å². The number of nitrogens with zero attached hydrogens (tertiary/aromatic N) is 5. The van der Waals surface area contributed by atoms with Crippen molar-refractivity contribution in [2.45, 2.75) is 12.0 Å². The Morgan fingerprint density at radius 3 is 0.958 bits per heavy atom. The first-order valence-corrected chi connectivity index (χ1v) is 49.5. The first kappa shape index (κ1) is 86.7. The maximum Gasteiger partial charge on any atom is 0.143 e. The Morgan fingerprint density at radius 1 is 0.194 bits per heavy atom. The molecule has 25 aromatic rings. The number of aromatic nitrogens is 1. The molecule has 0 amide bonds. The molecule has 1 aliphatic heterocycles. The molecular weight excluding hydrogens is 1740 g/mol. The van der Waals surface area contributed by atoms with Crippen LogP contribution < -0.4 is 19.6 Å². The van der Waals surface area contributed by atoms with Crippen LogP contribution in [0.2, 0.25) is 0 Å². The molecule has 0 spiro atoms. The van der Waals surface area contributed by atoms with Gasteiger partial charge in [0.1, 0.15) is 11.2 Å². The van der Waals surface area contributed by atoms with Crippen molar-refractivity contribution in [3.05, 3.63) is 582 Å². The fraction of sp³-hybridized carbons (Fsp3) is 0.0145. The Balaban J connectivity index is 0.000000113. The summed E-state index contributed by atoms with van der Waals surface area (Å²) in [6.45, 7) is 0. The molecule has 6 heteroatoms. The second-order valence-electron chi connectivity index (χ2n) is 36.9. The third-order valence-corrected chi connectivity index (χ3v) is 28.5. The van der Waals surface area contributed by atoms with Gasteiger partial charge in [0, 0.05) is 101 Å². The van der Waals surface area contributed by atoms with Gasteiger partial charge in [-0.3, -0.25) is 0 Å². The summed E-state index contributed by atoms with van der Waals surface area (Å²) < 4.78 is 8.74. The number of hydrogen-bond donors (Lipinski definition) is 0. The highest BCUT2D eigenvalue weighted by molar-refractivity contribution is 6.11. The monoisotopic (exact) mass is 1840 g/mol. The summed E-state index contributed by atoms with van der Waals surface area (Å²) in [4.78, 5) is 9.50. The van der Waals surface area contributed by atoms with Gasteiger partial charge < -0.3 is 28.6 Å². The van der Waals surface area contributed by atoms with Crippen molar-refractivity contribution >= 4 is 139 Å². The van der Waals surface area contributed by atoms with Crippen molar-refractivity contribution in [2.75, 3.05) is 19.6 Å². The van der Waals surface area contributed by atoms with Crippen molar-refractivity contribution < 1.29 is 4.42 Å². The van der Waals surface area contributed by atoms with E-state index in [4.69, 9.17) is 4.42 Å². The van der Waals surface area contributed by atoms with E-state index < -0.39 is 0 Å². The molecule has 144 heavy (non-hydrogen) atoms. The van der Waals surface area contributed by atoms with E-state index >= 15 is 0 Å². The van der Waals surface area contributed by atoms with Gasteiger partial charge in [0.2, 0.25) is 0 Å². The zero-order valence-electron chi connectivity index (χ0n) is 79.1. The summed E-state index contributed by atoms with van der Waals surface area (Å²) in [5.41, 5.74) is 36.0. The average molecular weight is 1840 g/mol. The molecule has 0 bridgehead atoms. The normalized spacial score (nSPS) is 12.9. The second-order valence-corrected chi connectivity index (χ2v) is 36.9. The molecule has 6 nitrogen and oxygen atoms in total. The topological polar surface area (TPSA) is 31.0 Å². The summed E-state index contributed by atoms with van der Waals surface area (Å²) >= 11 is 0. The molecular formula is C138H97N5O. The molecule has 3 heterocycles. The first-order valence-electron chi connectivity index (χ1n) is 49.5. The van der Waals surface area contributed by atoms with Crippen molar-refractivity contribution in [2.24, 2.45) is 0 Å². The molecule has 0 N–H and O–H groups in total. The minimum absolute atomic E-state index is 0.279. The van der Waals surface area contributed by atoms with Gasteiger partial charge in [-0.1, -0.05) is 419 Å². The molecule has 27 rings (SSSR count). The summed E-state index contributed by atoms with van der Waals surface area (Å²) in [5.74, 6) is 0.366. The molecule has 0 fully saturated rings. The largest absolute Gasteiger partial charge is 0.455 e. The van der Waals surface area contributed by atoms with Gasteiger partial charge >= 0.3 is 0 Å². The van der Waals surface area contributed by atoms with E-state index in [0.717, 1.165) is 89.9 Å².